The van der Waals surface area contributed by atoms with Crippen molar-refractivity contribution in [1.82, 2.24) is 9.78 Å². The lowest BCUT2D eigenvalue weighted by atomic mass is 9.74. The second-order valence-electron chi connectivity index (χ2n) is 7.10. The number of ether oxygens (including phenoxy) is 3. The fourth-order valence-corrected chi connectivity index (χ4v) is 4.08. The van der Waals surface area contributed by atoms with Gasteiger partial charge in [0.1, 0.15) is 0 Å². The van der Waals surface area contributed by atoms with E-state index in [2.05, 4.69) is 11.2 Å². The molecule has 0 saturated carbocycles. The molecule has 26 heavy (non-hydrogen) atoms. The second kappa shape index (κ2) is 7.37. The van der Waals surface area contributed by atoms with Crippen LogP contribution in [0.5, 0.6) is 0 Å². The second-order valence-corrected chi connectivity index (χ2v) is 7.10. The monoisotopic (exact) mass is 358 g/mol. The predicted octanol–water partition coefficient (Wildman–Crippen LogP) is 3.35. The van der Waals surface area contributed by atoms with Crippen molar-refractivity contribution in [1.29, 1.82) is 0 Å². The van der Waals surface area contributed by atoms with E-state index in [9.17, 15) is 4.79 Å². The molecule has 1 unspecified atom stereocenters. The van der Waals surface area contributed by atoms with Gasteiger partial charge in [0.2, 0.25) is 0 Å². The molecule has 140 valence electrons. The van der Waals surface area contributed by atoms with Crippen molar-refractivity contribution in [2.75, 3.05) is 26.4 Å². The molecule has 1 aromatic heterocycles. The first-order valence-electron chi connectivity index (χ1n) is 9.59. The van der Waals surface area contributed by atoms with E-state index in [-0.39, 0.29) is 12.2 Å². The highest BCUT2D eigenvalue weighted by Crippen LogP contribution is 2.38. The molecular formula is C20H26N2O4. The Morgan fingerprint density at radius 1 is 1.31 bits per heavy atom. The molecule has 1 atom stereocenters. The number of hydrogen-bond acceptors (Lipinski definition) is 5. The maximum Gasteiger partial charge on any atom is 0.316 e. The van der Waals surface area contributed by atoms with Gasteiger partial charge in [-0.3, -0.25) is 4.79 Å². The van der Waals surface area contributed by atoms with Crippen molar-refractivity contribution in [3.63, 3.8) is 0 Å². The van der Waals surface area contributed by atoms with Gasteiger partial charge in [0.25, 0.3) is 0 Å². The summed E-state index contributed by atoms with van der Waals surface area (Å²) < 4.78 is 18.8. The van der Waals surface area contributed by atoms with E-state index in [0.29, 0.717) is 32.7 Å². The Balaban J connectivity index is 1.75. The lowest BCUT2D eigenvalue weighted by molar-refractivity contribution is -0.154. The molecule has 0 amide bonds. The average Bonchev–Trinajstić information content (AvgIpc) is 3.12. The minimum atomic E-state index is -0.634. The molecule has 0 spiro atoms. The molecule has 0 aliphatic carbocycles. The summed E-state index contributed by atoms with van der Waals surface area (Å²) in [7, 11) is 0. The first-order chi connectivity index (χ1) is 12.7. The maximum absolute atomic E-state index is 12.9. The van der Waals surface area contributed by atoms with E-state index in [1.807, 2.05) is 29.9 Å². The fourth-order valence-electron chi connectivity index (χ4n) is 4.08. The van der Waals surface area contributed by atoms with Crippen molar-refractivity contribution < 1.29 is 19.0 Å². The van der Waals surface area contributed by atoms with Crippen LogP contribution in [0.15, 0.2) is 24.4 Å². The summed E-state index contributed by atoms with van der Waals surface area (Å²) in [5.74, 6) is -0.150. The summed E-state index contributed by atoms with van der Waals surface area (Å²) in [6, 6.07) is 6.19. The van der Waals surface area contributed by atoms with Gasteiger partial charge in [0.05, 0.1) is 23.7 Å². The van der Waals surface area contributed by atoms with Gasteiger partial charge in [-0.2, -0.15) is 5.10 Å². The number of benzene rings is 1. The number of fused-ring (bicyclic) bond motifs is 1. The zero-order chi connectivity index (χ0) is 18.0. The number of carbonyl (C=O) groups is 1. The topological polar surface area (TPSA) is 62.6 Å². The van der Waals surface area contributed by atoms with Crippen molar-refractivity contribution in [3.05, 3.63) is 30.0 Å². The highest BCUT2D eigenvalue weighted by Gasteiger charge is 2.43. The molecule has 0 N–H and O–H groups in total. The number of rotatable bonds is 4. The average molecular weight is 358 g/mol. The smallest absolute Gasteiger partial charge is 0.316 e. The third-order valence-electron chi connectivity index (χ3n) is 5.59. The molecule has 0 bridgehead atoms. The number of esters is 1. The largest absolute Gasteiger partial charge is 0.465 e. The van der Waals surface area contributed by atoms with Crippen molar-refractivity contribution >= 4 is 16.9 Å². The van der Waals surface area contributed by atoms with Gasteiger partial charge in [-0.25, -0.2) is 4.68 Å². The fraction of sp³-hybridized carbons (Fsp3) is 0.600. The third kappa shape index (κ3) is 3.01. The number of hydrogen-bond donors (Lipinski definition) is 0. The van der Waals surface area contributed by atoms with Crippen LogP contribution in [0.4, 0.5) is 0 Å². The van der Waals surface area contributed by atoms with Crippen LogP contribution in [-0.4, -0.2) is 42.2 Å². The van der Waals surface area contributed by atoms with Crippen molar-refractivity contribution in [2.45, 2.75) is 50.7 Å². The SMILES string of the molecule is CCOC(=O)C1(c2ccc3cnn(C4CCCCO4)c3c2)CCOCC1. The quantitative estimate of drug-likeness (QED) is 0.785. The van der Waals surface area contributed by atoms with Crippen molar-refractivity contribution in [3.8, 4) is 0 Å². The molecule has 2 aromatic rings. The molecule has 4 rings (SSSR count). The Morgan fingerprint density at radius 2 is 2.15 bits per heavy atom. The van der Waals surface area contributed by atoms with Gasteiger partial charge >= 0.3 is 5.97 Å². The summed E-state index contributed by atoms with van der Waals surface area (Å²) >= 11 is 0. The van der Waals surface area contributed by atoms with Gasteiger partial charge < -0.3 is 14.2 Å². The lowest BCUT2D eigenvalue weighted by Gasteiger charge is -2.35. The number of nitrogens with zero attached hydrogens (tertiary/aromatic N) is 2. The third-order valence-corrected chi connectivity index (χ3v) is 5.59. The van der Waals surface area contributed by atoms with Crippen LogP contribution in [0.25, 0.3) is 10.9 Å². The van der Waals surface area contributed by atoms with Gasteiger partial charge in [-0.05, 0) is 50.7 Å². The van der Waals surface area contributed by atoms with Gasteiger partial charge in [0, 0.05) is 25.2 Å². The minimum absolute atomic E-state index is 0.0234. The van der Waals surface area contributed by atoms with E-state index < -0.39 is 5.41 Å². The first-order valence-corrected chi connectivity index (χ1v) is 9.59. The molecule has 6 heteroatoms. The zero-order valence-electron chi connectivity index (χ0n) is 15.3. The summed E-state index contributed by atoms with van der Waals surface area (Å²) in [4.78, 5) is 12.9. The molecule has 6 nitrogen and oxygen atoms in total. The minimum Gasteiger partial charge on any atom is -0.465 e. The zero-order valence-corrected chi connectivity index (χ0v) is 15.3. The van der Waals surface area contributed by atoms with E-state index in [1.165, 1.54) is 0 Å². The molecule has 2 saturated heterocycles. The summed E-state index contributed by atoms with van der Waals surface area (Å²) in [6.07, 6.45) is 6.36. The molecule has 2 fully saturated rings. The molecule has 2 aliphatic rings. The predicted molar refractivity (Wildman–Crippen MR) is 96.9 cm³/mol. The van der Waals surface area contributed by atoms with Gasteiger partial charge in [-0.15, -0.1) is 0 Å². The number of aromatic nitrogens is 2. The first kappa shape index (κ1) is 17.5. The highest BCUT2D eigenvalue weighted by molar-refractivity contribution is 5.87. The Hall–Kier alpha value is -1.92. The number of carbonyl (C=O) groups excluding carboxylic acids is 1. The van der Waals surface area contributed by atoms with Crippen LogP contribution in [0.2, 0.25) is 0 Å². The summed E-state index contributed by atoms with van der Waals surface area (Å²) in [6.45, 7) is 4.15. The summed E-state index contributed by atoms with van der Waals surface area (Å²) in [5, 5.41) is 5.62. The molecule has 1 aromatic carbocycles. The van der Waals surface area contributed by atoms with Crippen LogP contribution in [0.1, 0.15) is 50.8 Å². The molecule has 0 radical (unpaired) electrons. The Kier molecular flexibility index (Phi) is 4.96. The standard InChI is InChI=1S/C20H26N2O4/c1-2-25-19(23)20(8-11-24-12-9-20)16-7-6-15-14-21-22(17(15)13-16)18-5-3-4-10-26-18/h6-7,13-14,18H,2-5,8-12H2,1H3. The van der Waals surface area contributed by atoms with E-state index in [0.717, 1.165) is 42.3 Å². The van der Waals surface area contributed by atoms with E-state index >= 15 is 0 Å². The van der Waals surface area contributed by atoms with Crippen LogP contribution in [-0.2, 0) is 24.4 Å². The molecular weight excluding hydrogens is 332 g/mol. The van der Waals surface area contributed by atoms with Crippen LogP contribution < -0.4 is 0 Å². The molecule has 2 aliphatic heterocycles. The van der Waals surface area contributed by atoms with Crippen LogP contribution in [0.3, 0.4) is 0 Å². The Labute approximate surface area is 153 Å². The molecule has 3 heterocycles. The van der Waals surface area contributed by atoms with Crippen molar-refractivity contribution in [2.24, 2.45) is 0 Å². The normalized spacial score (nSPS) is 23.0. The maximum atomic E-state index is 12.9. The van der Waals surface area contributed by atoms with Gasteiger partial charge in [-0.1, -0.05) is 12.1 Å². The highest BCUT2D eigenvalue weighted by atomic mass is 16.5. The van der Waals surface area contributed by atoms with Crippen LogP contribution in [0, 0.1) is 0 Å². The summed E-state index contributed by atoms with van der Waals surface area (Å²) in [5.41, 5.74) is 1.37. The lowest BCUT2D eigenvalue weighted by Crippen LogP contribution is -2.42. The van der Waals surface area contributed by atoms with E-state index in [4.69, 9.17) is 14.2 Å². The van der Waals surface area contributed by atoms with E-state index in [1.54, 1.807) is 0 Å². The van der Waals surface area contributed by atoms with Crippen LogP contribution >= 0.6 is 0 Å². The Bertz CT molecular complexity index is 773. The Morgan fingerprint density at radius 3 is 2.88 bits per heavy atom. The van der Waals surface area contributed by atoms with Gasteiger partial charge in [0.15, 0.2) is 6.23 Å².